The first-order chi connectivity index (χ1) is 6.72. The Hall–Kier alpha value is -0.120. The van der Waals surface area contributed by atoms with E-state index in [1.165, 1.54) is 0 Å². The summed E-state index contributed by atoms with van der Waals surface area (Å²) in [6, 6.07) is 0. The van der Waals surface area contributed by atoms with Crippen molar-refractivity contribution in [3.05, 3.63) is 0 Å². The van der Waals surface area contributed by atoms with Crippen LogP contribution in [0.4, 0.5) is 0 Å². The van der Waals surface area contributed by atoms with Gasteiger partial charge in [0, 0.05) is 6.42 Å². The maximum atomic E-state index is 9.76. The van der Waals surface area contributed by atoms with Crippen LogP contribution >= 0.6 is 0 Å². The first-order valence-corrected chi connectivity index (χ1v) is 5.77. The minimum atomic E-state index is -0.793. The molecule has 15 heavy (non-hydrogen) atoms. The van der Waals surface area contributed by atoms with Crippen LogP contribution in [-0.4, -0.2) is 34.1 Å². The third-order valence-electron chi connectivity index (χ3n) is 2.95. The minimum absolute atomic E-state index is 0.195. The lowest BCUT2D eigenvalue weighted by Gasteiger charge is -2.28. The van der Waals surface area contributed by atoms with E-state index in [1.807, 2.05) is 20.8 Å². The fourth-order valence-corrected chi connectivity index (χ4v) is 1.13. The van der Waals surface area contributed by atoms with Crippen LogP contribution in [0.3, 0.4) is 0 Å². The van der Waals surface area contributed by atoms with Gasteiger partial charge in [-0.15, -0.1) is 0 Å². The third-order valence-corrected chi connectivity index (χ3v) is 2.95. The van der Waals surface area contributed by atoms with E-state index in [4.69, 9.17) is 4.74 Å². The molecule has 0 aliphatic carbocycles. The molecule has 0 radical (unpaired) electrons. The molecule has 0 aromatic rings. The van der Waals surface area contributed by atoms with Gasteiger partial charge in [0.1, 0.15) is 0 Å². The van der Waals surface area contributed by atoms with Crippen molar-refractivity contribution in [3.8, 4) is 0 Å². The zero-order valence-corrected chi connectivity index (χ0v) is 10.7. The lowest BCUT2D eigenvalue weighted by Crippen LogP contribution is -2.34. The zero-order valence-electron chi connectivity index (χ0n) is 10.7. The summed E-state index contributed by atoms with van der Waals surface area (Å²) in [5.74, 6) is 0. The summed E-state index contributed by atoms with van der Waals surface area (Å²) < 4.78 is 5.57. The van der Waals surface area contributed by atoms with Crippen molar-refractivity contribution in [2.45, 2.75) is 71.2 Å². The van der Waals surface area contributed by atoms with E-state index < -0.39 is 11.7 Å². The molecule has 0 fully saturated rings. The van der Waals surface area contributed by atoms with Crippen molar-refractivity contribution in [2.24, 2.45) is 0 Å². The van der Waals surface area contributed by atoms with Crippen LogP contribution in [0.1, 0.15) is 53.9 Å². The van der Waals surface area contributed by atoms with Crippen LogP contribution < -0.4 is 0 Å². The smallest absolute Gasteiger partial charge is 0.0801 e. The summed E-state index contributed by atoms with van der Waals surface area (Å²) in [5.41, 5.74) is -0.988. The highest BCUT2D eigenvalue weighted by atomic mass is 16.5. The van der Waals surface area contributed by atoms with Crippen LogP contribution in [0.5, 0.6) is 0 Å². The third kappa shape index (κ3) is 6.88. The van der Waals surface area contributed by atoms with Crippen molar-refractivity contribution in [1.82, 2.24) is 0 Å². The minimum Gasteiger partial charge on any atom is -0.391 e. The molecule has 0 saturated heterocycles. The Bertz CT molecular complexity index is 176. The van der Waals surface area contributed by atoms with Gasteiger partial charge < -0.3 is 14.9 Å². The van der Waals surface area contributed by atoms with Crippen LogP contribution in [0.2, 0.25) is 0 Å². The SMILES string of the molecule is CCC(C)(O)CC(O)COC(C)(C)CC. The molecular formula is C12H26O3. The summed E-state index contributed by atoms with van der Waals surface area (Å²) in [4.78, 5) is 0. The highest BCUT2D eigenvalue weighted by Crippen LogP contribution is 2.19. The molecule has 3 heteroatoms. The Kier molecular flexibility index (Phi) is 5.78. The molecule has 0 amide bonds. The van der Waals surface area contributed by atoms with Gasteiger partial charge in [0.15, 0.2) is 0 Å². The number of aliphatic hydroxyl groups is 2. The lowest BCUT2D eigenvalue weighted by atomic mass is 9.96. The van der Waals surface area contributed by atoms with Gasteiger partial charge in [0.05, 0.1) is 23.9 Å². The monoisotopic (exact) mass is 218 g/mol. The zero-order chi connectivity index (χ0) is 12.1. The van der Waals surface area contributed by atoms with Crippen molar-refractivity contribution in [2.75, 3.05) is 6.61 Å². The van der Waals surface area contributed by atoms with Crippen molar-refractivity contribution in [3.63, 3.8) is 0 Å². The van der Waals surface area contributed by atoms with Crippen LogP contribution in [0.25, 0.3) is 0 Å². The van der Waals surface area contributed by atoms with Crippen molar-refractivity contribution >= 4 is 0 Å². The molecule has 2 N–H and O–H groups in total. The van der Waals surface area contributed by atoms with Gasteiger partial charge in [-0.3, -0.25) is 0 Å². The fourth-order valence-electron chi connectivity index (χ4n) is 1.13. The van der Waals surface area contributed by atoms with Gasteiger partial charge in [-0.1, -0.05) is 13.8 Å². The summed E-state index contributed by atoms with van der Waals surface area (Å²) >= 11 is 0. The summed E-state index contributed by atoms with van der Waals surface area (Å²) in [6.45, 7) is 9.98. The molecule has 0 saturated carbocycles. The maximum absolute atomic E-state index is 9.76. The predicted molar refractivity (Wildman–Crippen MR) is 61.9 cm³/mol. The van der Waals surface area contributed by atoms with E-state index >= 15 is 0 Å². The number of aliphatic hydroxyl groups excluding tert-OH is 1. The van der Waals surface area contributed by atoms with Gasteiger partial charge in [0.25, 0.3) is 0 Å². The molecule has 3 nitrogen and oxygen atoms in total. The van der Waals surface area contributed by atoms with Crippen molar-refractivity contribution in [1.29, 1.82) is 0 Å². The van der Waals surface area contributed by atoms with Gasteiger partial charge in [-0.05, 0) is 33.6 Å². The van der Waals surface area contributed by atoms with E-state index in [2.05, 4.69) is 6.92 Å². The summed E-state index contributed by atoms with van der Waals surface area (Å²) in [5, 5.41) is 19.5. The second kappa shape index (κ2) is 5.83. The fraction of sp³-hybridized carbons (Fsp3) is 1.00. The summed E-state index contributed by atoms with van der Waals surface area (Å²) in [6.07, 6.45) is 1.32. The predicted octanol–water partition coefficient (Wildman–Crippen LogP) is 2.10. The Morgan fingerprint density at radius 2 is 1.67 bits per heavy atom. The molecule has 0 aliphatic rings. The van der Waals surface area contributed by atoms with Crippen LogP contribution in [0.15, 0.2) is 0 Å². The molecule has 92 valence electrons. The molecule has 0 aromatic heterocycles. The number of ether oxygens (including phenoxy) is 1. The molecule has 0 rings (SSSR count). The Morgan fingerprint density at radius 1 is 1.13 bits per heavy atom. The number of rotatable bonds is 7. The quantitative estimate of drug-likeness (QED) is 0.688. The second-order valence-corrected chi connectivity index (χ2v) is 5.13. The van der Waals surface area contributed by atoms with E-state index in [1.54, 1.807) is 6.92 Å². The van der Waals surface area contributed by atoms with Crippen LogP contribution in [-0.2, 0) is 4.74 Å². The van der Waals surface area contributed by atoms with E-state index in [0.29, 0.717) is 12.8 Å². The van der Waals surface area contributed by atoms with E-state index in [-0.39, 0.29) is 12.2 Å². The highest BCUT2D eigenvalue weighted by Gasteiger charge is 2.24. The number of hydrogen-bond acceptors (Lipinski definition) is 3. The maximum Gasteiger partial charge on any atom is 0.0801 e. The Morgan fingerprint density at radius 3 is 2.07 bits per heavy atom. The first kappa shape index (κ1) is 14.9. The standard InChI is InChI=1S/C12H26O3/c1-6-11(3,4)15-9-10(13)8-12(5,14)7-2/h10,13-14H,6-9H2,1-5H3. The van der Waals surface area contributed by atoms with Gasteiger partial charge >= 0.3 is 0 Å². The highest BCUT2D eigenvalue weighted by molar-refractivity contribution is 4.75. The molecule has 0 heterocycles. The largest absolute Gasteiger partial charge is 0.391 e. The molecule has 0 aromatic carbocycles. The summed E-state index contributed by atoms with van der Waals surface area (Å²) in [7, 11) is 0. The average Bonchev–Trinajstić information content (AvgIpc) is 2.15. The lowest BCUT2D eigenvalue weighted by molar-refractivity contribution is -0.0830. The van der Waals surface area contributed by atoms with Gasteiger partial charge in [-0.25, -0.2) is 0 Å². The normalized spacial score (nSPS) is 18.6. The molecular weight excluding hydrogens is 192 g/mol. The molecule has 2 atom stereocenters. The Balaban J connectivity index is 3.90. The van der Waals surface area contributed by atoms with Crippen LogP contribution in [0, 0.1) is 0 Å². The Labute approximate surface area is 93.5 Å². The molecule has 2 unspecified atom stereocenters. The average molecular weight is 218 g/mol. The molecule has 0 bridgehead atoms. The van der Waals surface area contributed by atoms with Crippen molar-refractivity contribution < 1.29 is 14.9 Å². The van der Waals surface area contributed by atoms with E-state index in [0.717, 1.165) is 6.42 Å². The van der Waals surface area contributed by atoms with Gasteiger partial charge in [0.2, 0.25) is 0 Å². The van der Waals surface area contributed by atoms with E-state index in [9.17, 15) is 10.2 Å². The number of hydrogen-bond donors (Lipinski definition) is 2. The second-order valence-electron chi connectivity index (χ2n) is 5.13. The van der Waals surface area contributed by atoms with Gasteiger partial charge in [-0.2, -0.15) is 0 Å². The topological polar surface area (TPSA) is 49.7 Å². The molecule has 0 aliphatic heterocycles. The molecule has 0 spiro atoms. The first-order valence-electron chi connectivity index (χ1n) is 5.77.